The molecule has 0 unspecified atom stereocenters. The largest absolute Gasteiger partial charge is 0.497 e. The van der Waals surface area contributed by atoms with Gasteiger partial charge < -0.3 is 19.9 Å². The Morgan fingerprint density at radius 3 is 2.70 bits per heavy atom. The standard InChI is InChI=1S/C17H23N5O/c1-3-21-7-9-22(10-8-21)17-12-16(18-13-19-17)20-14-5-4-6-15(11-14)23-2/h4-6,11-13H,3,7-10H2,1-2H3,(H,18,19,20). The molecule has 2 aromatic rings. The number of hydrogen-bond acceptors (Lipinski definition) is 6. The molecule has 1 saturated heterocycles. The highest BCUT2D eigenvalue weighted by atomic mass is 16.5. The lowest BCUT2D eigenvalue weighted by molar-refractivity contribution is 0.270. The first-order valence-corrected chi connectivity index (χ1v) is 7.99. The highest BCUT2D eigenvalue weighted by Crippen LogP contribution is 2.22. The Kier molecular flexibility index (Phi) is 4.92. The molecule has 0 amide bonds. The predicted molar refractivity (Wildman–Crippen MR) is 92.6 cm³/mol. The molecule has 1 aliphatic rings. The molecule has 1 aromatic carbocycles. The van der Waals surface area contributed by atoms with E-state index in [0.717, 1.165) is 55.8 Å². The molecule has 1 aromatic heterocycles. The third-order valence-corrected chi connectivity index (χ3v) is 4.14. The van der Waals surface area contributed by atoms with Crippen LogP contribution in [0.2, 0.25) is 0 Å². The number of methoxy groups -OCH3 is 1. The SMILES string of the molecule is CCN1CCN(c2cc(Nc3cccc(OC)c3)ncn2)CC1. The molecule has 0 bridgehead atoms. The van der Waals surface area contributed by atoms with Crippen LogP contribution in [0.15, 0.2) is 36.7 Å². The van der Waals surface area contributed by atoms with Gasteiger partial charge in [-0.2, -0.15) is 0 Å². The molecule has 0 spiro atoms. The van der Waals surface area contributed by atoms with Gasteiger partial charge in [0.1, 0.15) is 23.7 Å². The van der Waals surface area contributed by atoms with Gasteiger partial charge in [-0.3, -0.25) is 0 Å². The molecule has 122 valence electrons. The van der Waals surface area contributed by atoms with Crippen molar-refractivity contribution < 1.29 is 4.74 Å². The minimum Gasteiger partial charge on any atom is -0.497 e. The number of rotatable bonds is 5. The second-order valence-corrected chi connectivity index (χ2v) is 5.54. The number of aromatic nitrogens is 2. The minimum absolute atomic E-state index is 0.793. The summed E-state index contributed by atoms with van der Waals surface area (Å²) in [5, 5.41) is 3.31. The molecule has 1 aliphatic heterocycles. The average molecular weight is 313 g/mol. The summed E-state index contributed by atoms with van der Waals surface area (Å²) in [6, 6.07) is 9.81. The summed E-state index contributed by atoms with van der Waals surface area (Å²) in [5.74, 6) is 2.59. The molecule has 0 aliphatic carbocycles. The van der Waals surface area contributed by atoms with Crippen molar-refractivity contribution in [3.05, 3.63) is 36.7 Å². The van der Waals surface area contributed by atoms with Crippen LogP contribution in [0, 0.1) is 0 Å². The number of likely N-dealkylation sites (N-methyl/N-ethyl adjacent to an activating group) is 1. The van der Waals surface area contributed by atoms with E-state index in [9.17, 15) is 0 Å². The molecule has 1 N–H and O–H groups in total. The lowest BCUT2D eigenvalue weighted by Gasteiger charge is -2.34. The Bertz CT molecular complexity index is 640. The topological polar surface area (TPSA) is 53.5 Å². The Labute approximate surface area is 137 Å². The summed E-state index contributed by atoms with van der Waals surface area (Å²) < 4.78 is 5.25. The highest BCUT2D eigenvalue weighted by Gasteiger charge is 2.17. The van der Waals surface area contributed by atoms with Crippen LogP contribution in [0.5, 0.6) is 5.75 Å². The summed E-state index contributed by atoms with van der Waals surface area (Å²) in [7, 11) is 1.66. The fourth-order valence-electron chi connectivity index (χ4n) is 2.73. The fourth-order valence-corrected chi connectivity index (χ4v) is 2.73. The molecular weight excluding hydrogens is 290 g/mol. The molecule has 2 heterocycles. The zero-order valence-corrected chi connectivity index (χ0v) is 13.7. The smallest absolute Gasteiger partial charge is 0.135 e. The summed E-state index contributed by atoms with van der Waals surface area (Å²) in [6.07, 6.45) is 1.62. The number of nitrogens with zero attached hydrogens (tertiary/aromatic N) is 4. The Morgan fingerprint density at radius 2 is 1.96 bits per heavy atom. The van der Waals surface area contributed by atoms with Gasteiger partial charge in [-0.15, -0.1) is 0 Å². The van der Waals surface area contributed by atoms with Gasteiger partial charge in [-0.25, -0.2) is 9.97 Å². The van der Waals surface area contributed by atoms with Crippen LogP contribution in [0.4, 0.5) is 17.3 Å². The van der Waals surface area contributed by atoms with Gasteiger partial charge in [0, 0.05) is 44.0 Å². The van der Waals surface area contributed by atoms with E-state index >= 15 is 0 Å². The molecule has 3 rings (SSSR count). The maximum Gasteiger partial charge on any atom is 0.135 e. The van der Waals surface area contributed by atoms with Crippen LogP contribution >= 0.6 is 0 Å². The van der Waals surface area contributed by atoms with Gasteiger partial charge in [0.05, 0.1) is 7.11 Å². The first kappa shape index (κ1) is 15.6. The molecule has 6 nitrogen and oxygen atoms in total. The van der Waals surface area contributed by atoms with Gasteiger partial charge in [0.2, 0.25) is 0 Å². The van der Waals surface area contributed by atoms with Gasteiger partial charge in [0.15, 0.2) is 0 Å². The fraction of sp³-hybridized carbons (Fsp3) is 0.412. The zero-order valence-electron chi connectivity index (χ0n) is 13.7. The van der Waals surface area contributed by atoms with Gasteiger partial charge >= 0.3 is 0 Å². The van der Waals surface area contributed by atoms with E-state index in [1.54, 1.807) is 13.4 Å². The molecule has 0 radical (unpaired) electrons. The first-order valence-electron chi connectivity index (χ1n) is 7.99. The maximum absolute atomic E-state index is 5.25. The Hall–Kier alpha value is -2.34. The van der Waals surface area contributed by atoms with Crippen LogP contribution in [0.1, 0.15) is 6.92 Å². The molecule has 6 heteroatoms. The normalized spacial score (nSPS) is 15.5. The number of piperazine rings is 1. The summed E-state index contributed by atoms with van der Waals surface area (Å²) >= 11 is 0. The van der Waals surface area contributed by atoms with E-state index in [1.807, 2.05) is 30.3 Å². The molecular formula is C17H23N5O. The zero-order chi connectivity index (χ0) is 16.1. The van der Waals surface area contributed by atoms with E-state index in [0.29, 0.717) is 0 Å². The average Bonchev–Trinajstić information content (AvgIpc) is 2.62. The van der Waals surface area contributed by atoms with Crippen molar-refractivity contribution in [1.29, 1.82) is 0 Å². The second kappa shape index (κ2) is 7.28. The minimum atomic E-state index is 0.793. The van der Waals surface area contributed by atoms with Gasteiger partial charge in [-0.1, -0.05) is 13.0 Å². The molecule has 23 heavy (non-hydrogen) atoms. The number of anilines is 3. The van der Waals surface area contributed by atoms with Gasteiger partial charge in [-0.05, 0) is 18.7 Å². The van der Waals surface area contributed by atoms with E-state index < -0.39 is 0 Å². The lowest BCUT2D eigenvalue weighted by Crippen LogP contribution is -2.46. The lowest BCUT2D eigenvalue weighted by atomic mass is 10.3. The van der Waals surface area contributed by atoms with Crippen molar-refractivity contribution in [2.45, 2.75) is 6.92 Å². The number of nitrogens with one attached hydrogen (secondary N) is 1. The first-order chi connectivity index (χ1) is 11.3. The Balaban J connectivity index is 1.70. The number of benzene rings is 1. The third kappa shape index (κ3) is 3.90. The quantitative estimate of drug-likeness (QED) is 0.914. The number of ether oxygens (including phenoxy) is 1. The van der Waals surface area contributed by atoms with Crippen LogP contribution in [-0.2, 0) is 0 Å². The maximum atomic E-state index is 5.25. The second-order valence-electron chi connectivity index (χ2n) is 5.54. The number of hydrogen-bond donors (Lipinski definition) is 1. The van der Waals surface area contributed by atoms with Crippen molar-refractivity contribution in [1.82, 2.24) is 14.9 Å². The van der Waals surface area contributed by atoms with Crippen molar-refractivity contribution >= 4 is 17.3 Å². The van der Waals surface area contributed by atoms with E-state index in [4.69, 9.17) is 4.74 Å². The summed E-state index contributed by atoms with van der Waals surface area (Å²) in [4.78, 5) is 13.5. The van der Waals surface area contributed by atoms with E-state index in [2.05, 4.69) is 32.0 Å². The van der Waals surface area contributed by atoms with Crippen molar-refractivity contribution in [3.8, 4) is 5.75 Å². The molecule has 0 atom stereocenters. The van der Waals surface area contributed by atoms with Crippen LogP contribution in [-0.4, -0.2) is 54.7 Å². The Morgan fingerprint density at radius 1 is 1.13 bits per heavy atom. The summed E-state index contributed by atoms with van der Waals surface area (Å²) in [6.45, 7) is 7.49. The van der Waals surface area contributed by atoms with Crippen molar-refractivity contribution in [2.24, 2.45) is 0 Å². The monoisotopic (exact) mass is 313 g/mol. The van der Waals surface area contributed by atoms with E-state index in [1.165, 1.54) is 0 Å². The third-order valence-electron chi connectivity index (χ3n) is 4.14. The van der Waals surface area contributed by atoms with Crippen molar-refractivity contribution in [2.75, 3.05) is 50.1 Å². The van der Waals surface area contributed by atoms with Gasteiger partial charge in [0.25, 0.3) is 0 Å². The van der Waals surface area contributed by atoms with Crippen LogP contribution < -0.4 is 15.0 Å². The highest BCUT2D eigenvalue weighted by molar-refractivity contribution is 5.60. The summed E-state index contributed by atoms with van der Waals surface area (Å²) in [5.41, 5.74) is 0.949. The predicted octanol–water partition coefficient (Wildman–Crippen LogP) is 2.37. The van der Waals surface area contributed by atoms with Crippen LogP contribution in [0.3, 0.4) is 0 Å². The van der Waals surface area contributed by atoms with E-state index in [-0.39, 0.29) is 0 Å². The van der Waals surface area contributed by atoms with Crippen LogP contribution in [0.25, 0.3) is 0 Å². The van der Waals surface area contributed by atoms with Crippen molar-refractivity contribution in [3.63, 3.8) is 0 Å². The molecule has 0 saturated carbocycles. The molecule has 1 fully saturated rings.